The molecule has 1 aromatic rings. The summed E-state index contributed by atoms with van der Waals surface area (Å²) in [4.78, 5) is 8.21. The molecule has 0 spiro atoms. The van der Waals surface area contributed by atoms with Crippen molar-refractivity contribution in [2.75, 3.05) is 19.0 Å². The van der Waals surface area contributed by atoms with Crippen molar-refractivity contribution >= 4 is 5.82 Å². The molecule has 0 amide bonds. The number of rotatable bonds is 4. The monoisotopic (exact) mass is 223 g/mol. The molecular formula is C11H17N3O2. The Balaban J connectivity index is 2.21. The first kappa shape index (κ1) is 11.1. The molecule has 0 aliphatic heterocycles. The summed E-state index contributed by atoms with van der Waals surface area (Å²) >= 11 is 0. The van der Waals surface area contributed by atoms with Gasteiger partial charge < -0.3 is 15.2 Å². The van der Waals surface area contributed by atoms with Gasteiger partial charge in [0, 0.05) is 0 Å². The second kappa shape index (κ2) is 4.25. The van der Waals surface area contributed by atoms with Crippen LogP contribution in [0.4, 0.5) is 5.82 Å². The maximum absolute atomic E-state index is 9.38. The smallest absolute Gasteiger partial charge is 0.221 e. The second-order valence-corrected chi connectivity index (χ2v) is 4.27. The molecule has 88 valence electrons. The van der Waals surface area contributed by atoms with Crippen molar-refractivity contribution in [2.45, 2.75) is 31.7 Å². The molecule has 1 aliphatic carbocycles. The number of nitrogens with one attached hydrogen (secondary N) is 1. The van der Waals surface area contributed by atoms with Crippen molar-refractivity contribution in [3.8, 4) is 5.88 Å². The summed E-state index contributed by atoms with van der Waals surface area (Å²) in [5.74, 6) is 1.32. The largest absolute Gasteiger partial charge is 0.481 e. The van der Waals surface area contributed by atoms with Crippen molar-refractivity contribution in [3.63, 3.8) is 0 Å². The van der Waals surface area contributed by atoms with E-state index in [-0.39, 0.29) is 12.1 Å². The van der Waals surface area contributed by atoms with E-state index in [0.29, 0.717) is 5.88 Å². The van der Waals surface area contributed by atoms with E-state index in [1.807, 2.05) is 6.92 Å². The number of hydrogen-bond acceptors (Lipinski definition) is 5. The zero-order chi connectivity index (χ0) is 11.6. The lowest BCUT2D eigenvalue weighted by atomic mass is 9.77. The van der Waals surface area contributed by atoms with Crippen LogP contribution in [-0.4, -0.2) is 34.3 Å². The molecule has 1 saturated carbocycles. The number of anilines is 1. The Bertz CT molecular complexity index is 372. The van der Waals surface area contributed by atoms with Gasteiger partial charge in [-0.05, 0) is 26.2 Å². The van der Waals surface area contributed by atoms with Gasteiger partial charge in [-0.25, -0.2) is 9.97 Å². The van der Waals surface area contributed by atoms with Crippen LogP contribution in [0.3, 0.4) is 0 Å². The molecule has 2 rings (SSSR count). The predicted octanol–water partition coefficient (Wildman–Crippen LogP) is 1.12. The quantitative estimate of drug-likeness (QED) is 0.800. The Hall–Kier alpha value is -1.36. The molecule has 0 saturated heterocycles. The van der Waals surface area contributed by atoms with Crippen LogP contribution in [-0.2, 0) is 0 Å². The first-order chi connectivity index (χ1) is 7.71. The number of aromatic nitrogens is 2. The van der Waals surface area contributed by atoms with Gasteiger partial charge in [0.25, 0.3) is 0 Å². The zero-order valence-corrected chi connectivity index (χ0v) is 9.66. The molecule has 1 aliphatic rings. The van der Waals surface area contributed by atoms with Gasteiger partial charge in [0.1, 0.15) is 12.1 Å². The minimum Gasteiger partial charge on any atom is -0.481 e. The van der Waals surface area contributed by atoms with Gasteiger partial charge in [-0.3, -0.25) is 0 Å². The third-order valence-electron chi connectivity index (χ3n) is 3.23. The van der Waals surface area contributed by atoms with Crippen LogP contribution in [0.15, 0.2) is 6.33 Å². The average molecular weight is 223 g/mol. The van der Waals surface area contributed by atoms with Gasteiger partial charge in [0.15, 0.2) is 0 Å². The van der Waals surface area contributed by atoms with Gasteiger partial charge in [0.05, 0.1) is 24.8 Å². The molecular weight excluding hydrogens is 206 g/mol. The van der Waals surface area contributed by atoms with E-state index in [2.05, 4.69) is 15.3 Å². The van der Waals surface area contributed by atoms with Gasteiger partial charge in [0.2, 0.25) is 5.88 Å². The van der Waals surface area contributed by atoms with E-state index in [9.17, 15) is 5.11 Å². The Labute approximate surface area is 94.9 Å². The maximum Gasteiger partial charge on any atom is 0.221 e. The SMILES string of the molecule is COc1ncnc(NC2(CO)CCC2)c1C. The van der Waals surface area contributed by atoms with Crippen LogP contribution in [0, 0.1) is 6.92 Å². The van der Waals surface area contributed by atoms with Crippen molar-refractivity contribution in [2.24, 2.45) is 0 Å². The molecule has 5 heteroatoms. The topological polar surface area (TPSA) is 67.3 Å². The maximum atomic E-state index is 9.38. The molecule has 0 atom stereocenters. The van der Waals surface area contributed by atoms with Crippen LogP contribution in [0.5, 0.6) is 5.88 Å². The molecule has 5 nitrogen and oxygen atoms in total. The molecule has 1 fully saturated rings. The van der Waals surface area contributed by atoms with Gasteiger partial charge in [-0.15, -0.1) is 0 Å². The Morgan fingerprint density at radius 3 is 2.75 bits per heavy atom. The van der Waals surface area contributed by atoms with Crippen LogP contribution >= 0.6 is 0 Å². The van der Waals surface area contributed by atoms with Gasteiger partial charge >= 0.3 is 0 Å². The Morgan fingerprint density at radius 1 is 1.50 bits per heavy atom. The summed E-state index contributed by atoms with van der Waals surface area (Å²) in [6.07, 6.45) is 4.58. The fourth-order valence-corrected chi connectivity index (χ4v) is 1.94. The zero-order valence-electron chi connectivity index (χ0n) is 9.66. The third-order valence-corrected chi connectivity index (χ3v) is 3.23. The fourth-order valence-electron chi connectivity index (χ4n) is 1.94. The first-order valence-electron chi connectivity index (χ1n) is 5.45. The third kappa shape index (κ3) is 1.82. The van der Waals surface area contributed by atoms with E-state index in [1.165, 1.54) is 6.33 Å². The highest BCUT2D eigenvalue weighted by molar-refractivity contribution is 5.50. The normalized spacial score (nSPS) is 17.7. The molecule has 16 heavy (non-hydrogen) atoms. The van der Waals surface area contributed by atoms with Crippen LogP contribution in [0.2, 0.25) is 0 Å². The summed E-state index contributed by atoms with van der Waals surface area (Å²) in [5, 5.41) is 12.7. The summed E-state index contributed by atoms with van der Waals surface area (Å²) in [6.45, 7) is 2.05. The average Bonchev–Trinajstić information content (AvgIpc) is 2.25. The predicted molar refractivity (Wildman–Crippen MR) is 60.6 cm³/mol. The fraction of sp³-hybridized carbons (Fsp3) is 0.636. The molecule has 0 bridgehead atoms. The number of aliphatic hydroxyl groups excluding tert-OH is 1. The Kier molecular flexibility index (Phi) is 2.96. The lowest BCUT2D eigenvalue weighted by Gasteiger charge is -2.41. The molecule has 2 N–H and O–H groups in total. The van der Waals surface area contributed by atoms with Crippen molar-refractivity contribution in [1.29, 1.82) is 0 Å². The van der Waals surface area contributed by atoms with E-state index in [4.69, 9.17) is 4.74 Å². The highest BCUT2D eigenvalue weighted by Crippen LogP contribution is 2.35. The Morgan fingerprint density at radius 2 is 2.25 bits per heavy atom. The van der Waals surface area contributed by atoms with Gasteiger partial charge in [-0.2, -0.15) is 0 Å². The molecule has 0 radical (unpaired) electrons. The second-order valence-electron chi connectivity index (χ2n) is 4.27. The van der Waals surface area contributed by atoms with Gasteiger partial charge in [-0.1, -0.05) is 0 Å². The minimum atomic E-state index is -0.190. The van der Waals surface area contributed by atoms with Crippen molar-refractivity contribution in [3.05, 3.63) is 11.9 Å². The number of hydrogen-bond donors (Lipinski definition) is 2. The number of ether oxygens (including phenoxy) is 1. The lowest BCUT2D eigenvalue weighted by Crippen LogP contribution is -2.48. The van der Waals surface area contributed by atoms with E-state index >= 15 is 0 Å². The van der Waals surface area contributed by atoms with Crippen LogP contribution in [0.1, 0.15) is 24.8 Å². The molecule has 1 aromatic heterocycles. The summed E-state index contributed by atoms with van der Waals surface area (Å²) in [5.41, 5.74) is 0.689. The molecule has 0 aromatic carbocycles. The summed E-state index contributed by atoms with van der Waals surface area (Å²) < 4.78 is 5.13. The standard InChI is InChI=1S/C11H17N3O2/c1-8-9(12-7-13-10(8)16-2)14-11(6-15)4-3-5-11/h7,15H,3-6H2,1-2H3,(H,12,13,14). The van der Waals surface area contributed by atoms with Crippen LogP contribution < -0.4 is 10.1 Å². The first-order valence-corrected chi connectivity index (χ1v) is 5.45. The van der Waals surface area contributed by atoms with Crippen molar-refractivity contribution in [1.82, 2.24) is 9.97 Å². The number of aliphatic hydroxyl groups is 1. The highest BCUT2D eigenvalue weighted by atomic mass is 16.5. The molecule has 1 heterocycles. The van der Waals surface area contributed by atoms with Crippen molar-refractivity contribution < 1.29 is 9.84 Å². The minimum absolute atomic E-state index is 0.138. The van der Waals surface area contributed by atoms with E-state index < -0.39 is 0 Å². The summed E-state index contributed by atoms with van der Waals surface area (Å²) in [6, 6.07) is 0. The lowest BCUT2D eigenvalue weighted by molar-refractivity contribution is 0.143. The number of nitrogens with zero attached hydrogens (tertiary/aromatic N) is 2. The summed E-state index contributed by atoms with van der Waals surface area (Å²) in [7, 11) is 1.59. The van der Waals surface area contributed by atoms with Crippen LogP contribution in [0.25, 0.3) is 0 Å². The van der Waals surface area contributed by atoms with E-state index in [1.54, 1.807) is 7.11 Å². The number of methoxy groups -OCH3 is 1. The molecule has 0 unspecified atom stereocenters. The van der Waals surface area contributed by atoms with E-state index in [0.717, 1.165) is 30.6 Å². The highest BCUT2D eigenvalue weighted by Gasteiger charge is 2.37.